The average molecular weight is 258 g/mol. The number of aryl methyl sites for hydroxylation is 2. The summed E-state index contributed by atoms with van der Waals surface area (Å²) in [5.41, 5.74) is 2.83. The normalized spacial score (nSPS) is 10.3. The maximum Gasteiger partial charge on any atom is 0.262 e. The molecule has 0 N–H and O–H groups in total. The second-order valence-corrected chi connectivity index (χ2v) is 4.50. The van der Waals surface area contributed by atoms with Gasteiger partial charge in [0.2, 0.25) is 5.95 Å². The Bertz CT molecular complexity index is 625. The van der Waals surface area contributed by atoms with Crippen molar-refractivity contribution in [2.45, 2.75) is 13.8 Å². The number of benzene rings is 1. The molecule has 0 saturated heterocycles. The van der Waals surface area contributed by atoms with Crippen molar-refractivity contribution in [1.29, 1.82) is 0 Å². The molecular weight excluding hydrogens is 243 g/mol. The Hall–Kier alpha value is -2.23. The van der Waals surface area contributed by atoms with Gasteiger partial charge in [-0.1, -0.05) is 17.7 Å². The van der Waals surface area contributed by atoms with Gasteiger partial charge in [0.1, 0.15) is 0 Å². The number of amides is 1. The first kappa shape index (κ1) is 13.2. The van der Waals surface area contributed by atoms with E-state index in [2.05, 4.69) is 4.98 Å². The third-order valence-corrected chi connectivity index (χ3v) is 3.01. The van der Waals surface area contributed by atoms with E-state index in [0.29, 0.717) is 0 Å². The molecule has 19 heavy (non-hydrogen) atoms. The highest BCUT2D eigenvalue weighted by Gasteiger charge is 2.18. The highest BCUT2D eigenvalue weighted by molar-refractivity contribution is 6.06. The summed E-state index contributed by atoms with van der Waals surface area (Å²) in [6.07, 6.45) is 1.32. The third kappa shape index (κ3) is 2.62. The van der Waals surface area contributed by atoms with Crippen LogP contribution >= 0.6 is 0 Å². The molecule has 98 valence electrons. The van der Waals surface area contributed by atoms with E-state index >= 15 is 0 Å². The van der Waals surface area contributed by atoms with Crippen LogP contribution < -0.4 is 4.90 Å². The number of halogens is 1. The molecular formula is C15H15FN2O. The Labute approximate surface area is 111 Å². The third-order valence-electron chi connectivity index (χ3n) is 3.01. The van der Waals surface area contributed by atoms with E-state index in [0.717, 1.165) is 16.8 Å². The molecule has 0 spiro atoms. The molecule has 3 nitrogen and oxygen atoms in total. The number of aromatic nitrogens is 1. The molecule has 0 radical (unpaired) electrons. The fraction of sp³-hybridized carbons (Fsp3) is 0.200. The van der Waals surface area contributed by atoms with Crippen molar-refractivity contribution in [1.82, 2.24) is 4.98 Å². The molecule has 0 saturated carbocycles. The van der Waals surface area contributed by atoms with Crippen molar-refractivity contribution in [3.63, 3.8) is 0 Å². The molecule has 4 heteroatoms. The lowest BCUT2D eigenvalue weighted by atomic mass is 10.1. The molecule has 1 amide bonds. The SMILES string of the molecule is Cc1ccc(N(C)C(=O)c2cccnc2F)c(C)c1. The van der Waals surface area contributed by atoms with Crippen LogP contribution in [0.4, 0.5) is 10.1 Å². The van der Waals surface area contributed by atoms with Crippen molar-refractivity contribution in [3.8, 4) is 0 Å². The molecule has 0 aliphatic carbocycles. The monoisotopic (exact) mass is 258 g/mol. The number of anilines is 1. The van der Waals surface area contributed by atoms with Gasteiger partial charge < -0.3 is 4.90 Å². The van der Waals surface area contributed by atoms with E-state index < -0.39 is 11.9 Å². The van der Waals surface area contributed by atoms with Crippen LogP contribution in [0.3, 0.4) is 0 Å². The van der Waals surface area contributed by atoms with Gasteiger partial charge in [-0.25, -0.2) is 4.98 Å². The molecule has 0 atom stereocenters. The Balaban J connectivity index is 2.37. The molecule has 0 aliphatic heterocycles. The zero-order valence-electron chi connectivity index (χ0n) is 11.1. The Kier molecular flexibility index (Phi) is 3.60. The lowest BCUT2D eigenvalue weighted by molar-refractivity contribution is 0.0988. The first-order chi connectivity index (χ1) is 9.00. The second-order valence-electron chi connectivity index (χ2n) is 4.50. The van der Waals surface area contributed by atoms with E-state index in [1.807, 2.05) is 32.0 Å². The van der Waals surface area contributed by atoms with Crippen LogP contribution in [0.5, 0.6) is 0 Å². The summed E-state index contributed by atoms with van der Waals surface area (Å²) in [5, 5.41) is 0. The molecule has 0 fully saturated rings. The van der Waals surface area contributed by atoms with Gasteiger partial charge in [0.25, 0.3) is 5.91 Å². The van der Waals surface area contributed by atoms with Gasteiger partial charge >= 0.3 is 0 Å². The Morgan fingerprint density at radius 1 is 1.26 bits per heavy atom. The molecule has 1 heterocycles. The van der Waals surface area contributed by atoms with Gasteiger partial charge in [-0.15, -0.1) is 0 Å². The lowest BCUT2D eigenvalue weighted by Crippen LogP contribution is -2.28. The van der Waals surface area contributed by atoms with E-state index in [-0.39, 0.29) is 5.56 Å². The summed E-state index contributed by atoms with van der Waals surface area (Å²) in [6, 6.07) is 8.75. The maximum absolute atomic E-state index is 13.5. The van der Waals surface area contributed by atoms with Crippen LogP contribution in [0.15, 0.2) is 36.5 Å². The summed E-state index contributed by atoms with van der Waals surface area (Å²) in [5.74, 6) is -1.15. The van der Waals surface area contributed by atoms with Crippen LogP contribution in [-0.2, 0) is 0 Å². The summed E-state index contributed by atoms with van der Waals surface area (Å²) in [4.78, 5) is 17.2. The molecule has 1 aromatic heterocycles. The minimum absolute atomic E-state index is 0.0232. The zero-order valence-corrected chi connectivity index (χ0v) is 11.1. The standard InChI is InChI=1S/C15H15FN2O/c1-10-6-7-13(11(2)9-10)18(3)15(19)12-5-4-8-17-14(12)16/h4-9H,1-3H3. The van der Waals surface area contributed by atoms with Crippen LogP contribution in [0, 0.1) is 19.8 Å². The Morgan fingerprint density at radius 2 is 2.00 bits per heavy atom. The van der Waals surface area contributed by atoms with Crippen molar-refractivity contribution in [2.24, 2.45) is 0 Å². The predicted molar refractivity (Wildman–Crippen MR) is 72.8 cm³/mol. The molecule has 1 aromatic carbocycles. The van der Waals surface area contributed by atoms with Gasteiger partial charge in [-0.2, -0.15) is 4.39 Å². The quantitative estimate of drug-likeness (QED) is 0.775. The molecule has 2 aromatic rings. The van der Waals surface area contributed by atoms with Crippen LogP contribution in [0.25, 0.3) is 0 Å². The van der Waals surface area contributed by atoms with Crippen molar-refractivity contribution < 1.29 is 9.18 Å². The molecule has 0 aliphatic rings. The van der Waals surface area contributed by atoms with Crippen LogP contribution in [-0.4, -0.2) is 17.9 Å². The summed E-state index contributed by atoms with van der Waals surface area (Å²) >= 11 is 0. The minimum Gasteiger partial charge on any atom is -0.311 e. The molecule has 0 unspecified atom stereocenters. The van der Waals surface area contributed by atoms with Crippen molar-refractivity contribution in [3.05, 3.63) is 59.2 Å². The highest BCUT2D eigenvalue weighted by Crippen LogP contribution is 2.22. The summed E-state index contributed by atoms with van der Waals surface area (Å²) in [6.45, 7) is 3.91. The van der Waals surface area contributed by atoms with Crippen LogP contribution in [0.2, 0.25) is 0 Å². The number of carbonyl (C=O) groups excluding carboxylic acids is 1. The fourth-order valence-electron chi connectivity index (χ4n) is 2.02. The number of nitrogens with zero attached hydrogens (tertiary/aromatic N) is 2. The van der Waals surface area contributed by atoms with Gasteiger partial charge in [0.15, 0.2) is 0 Å². The van der Waals surface area contributed by atoms with Gasteiger partial charge in [0.05, 0.1) is 5.56 Å². The number of hydrogen-bond donors (Lipinski definition) is 0. The fourth-order valence-corrected chi connectivity index (χ4v) is 2.02. The van der Waals surface area contributed by atoms with E-state index in [1.165, 1.54) is 17.2 Å². The summed E-state index contributed by atoms with van der Waals surface area (Å²) < 4.78 is 13.5. The minimum atomic E-state index is -0.746. The van der Waals surface area contributed by atoms with E-state index in [4.69, 9.17) is 0 Å². The smallest absolute Gasteiger partial charge is 0.262 e. The second kappa shape index (κ2) is 5.18. The number of carbonyl (C=O) groups is 1. The largest absolute Gasteiger partial charge is 0.311 e. The van der Waals surface area contributed by atoms with Gasteiger partial charge in [-0.3, -0.25) is 4.79 Å². The van der Waals surface area contributed by atoms with Gasteiger partial charge in [0, 0.05) is 18.9 Å². The highest BCUT2D eigenvalue weighted by atomic mass is 19.1. The maximum atomic E-state index is 13.5. The zero-order chi connectivity index (χ0) is 14.0. The average Bonchev–Trinajstić information content (AvgIpc) is 2.38. The number of rotatable bonds is 2. The first-order valence-corrected chi connectivity index (χ1v) is 5.96. The lowest BCUT2D eigenvalue weighted by Gasteiger charge is -2.20. The number of hydrogen-bond acceptors (Lipinski definition) is 2. The predicted octanol–water partition coefficient (Wildman–Crippen LogP) is 3.11. The van der Waals surface area contributed by atoms with E-state index in [1.54, 1.807) is 13.1 Å². The van der Waals surface area contributed by atoms with Crippen LogP contribution in [0.1, 0.15) is 21.5 Å². The Morgan fingerprint density at radius 3 is 2.63 bits per heavy atom. The summed E-state index contributed by atoms with van der Waals surface area (Å²) in [7, 11) is 1.63. The topological polar surface area (TPSA) is 33.2 Å². The van der Waals surface area contributed by atoms with Crippen molar-refractivity contribution in [2.75, 3.05) is 11.9 Å². The number of pyridine rings is 1. The molecule has 0 bridgehead atoms. The first-order valence-electron chi connectivity index (χ1n) is 5.96. The van der Waals surface area contributed by atoms with Crippen molar-refractivity contribution >= 4 is 11.6 Å². The van der Waals surface area contributed by atoms with Gasteiger partial charge in [-0.05, 0) is 37.6 Å². The van der Waals surface area contributed by atoms with E-state index in [9.17, 15) is 9.18 Å². The molecule has 2 rings (SSSR count).